The van der Waals surface area contributed by atoms with Crippen LogP contribution in [0.25, 0.3) is 6.08 Å². The third-order valence-electron chi connectivity index (χ3n) is 4.31. The molecule has 0 aliphatic heterocycles. The van der Waals surface area contributed by atoms with Crippen molar-refractivity contribution in [1.82, 2.24) is 0 Å². The molecule has 0 heterocycles. The smallest absolute Gasteiger partial charge is 0.266 e. The van der Waals surface area contributed by atoms with Crippen molar-refractivity contribution in [2.45, 2.75) is 13.5 Å². The third-order valence-corrected chi connectivity index (χ3v) is 5.19. The molecular formula is C24H17Cl3N2O2. The first-order valence-corrected chi connectivity index (χ1v) is 10.3. The summed E-state index contributed by atoms with van der Waals surface area (Å²) in [4.78, 5) is 12.4. The standard InChI is InChI=1S/C24H17Cl3N2O2/c1-15-3-2-4-20(9-15)29-24(30)18(13-28)10-16-5-8-23(22(27)11-16)31-14-17-6-7-19(25)12-21(17)26/h2-12H,14H2,1H3,(H,29,30)/b18-10+. The van der Waals surface area contributed by atoms with E-state index in [0.717, 1.165) is 11.1 Å². The lowest BCUT2D eigenvalue weighted by Gasteiger charge is -2.10. The first-order valence-electron chi connectivity index (χ1n) is 9.22. The van der Waals surface area contributed by atoms with Gasteiger partial charge in [-0.1, -0.05) is 59.1 Å². The molecule has 1 N–H and O–H groups in total. The summed E-state index contributed by atoms with van der Waals surface area (Å²) in [6.07, 6.45) is 1.47. The van der Waals surface area contributed by atoms with Crippen LogP contribution in [0.4, 0.5) is 5.69 Å². The van der Waals surface area contributed by atoms with Crippen LogP contribution < -0.4 is 10.1 Å². The predicted molar refractivity (Wildman–Crippen MR) is 126 cm³/mol. The van der Waals surface area contributed by atoms with Crippen molar-refractivity contribution in [2.75, 3.05) is 5.32 Å². The number of benzene rings is 3. The number of halogens is 3. The molecule has 156 valence electrons. The van der Waals surface area contributed by atoms with Crippen LogP contribution in [0, 0.1) is 18.3 Å². The molecule has 0 aliphatic carbocycles. The minimum Gasteiger partial charge on any atom is -0.487 e. The Balaban J connectivity index is 1.72. The molecular weight excluding hydrogens is 455 g/mol. The van der Waals surface area contributed by atoms with E-state index in [1.807, 2.05) is 31.2 Å². The van der Waals surface area contributed by atoms with Gasteiger partial charge in [-0.3, -0.25) is 4.79 Å². The molecule has 4 nitrogen and oxygen atoms in total. The average Bonchev–Trinajstić information content (AvgIpc) is 2.72. The van der Waals surface area contributed by atoms with Crippen molar-refractivity contribution in [3.63, 3.8) is 0 Å². The summed E-state index contributed by atoms with van der Waals surface area (Å²) in [5, 5.41) is 13.5. The van der Waals surface area contributed by atoms with E-state index in [4.69, 9.17) is 39.5 Å². The molecule has 0 radical (unpaired) electrons. The number of carbonyl (C=O) groups excluding carboxylic acids is 1. The van der Waals surface area contributed by atoms with Gasteiger partial charge in [-0.25, -0.2) is 0 Å². The number of ether oxygens (including phenoxy) is 1. The molecule has 7 heteroatoms. The summed E-state index contributed by atoms with van der Waals surface area (Å²) in [6.45, 7) is 2.14. The number of nitrogens with one attached hydrogen (secondary N) is 1. The molecule has 0 aliphatic rings. The van der Waals surface area contributed by atoms with E-state index in [1.165, 1.54) is 6.08 Å². The van der Waals surface area contributed by atoms with Gasteiger partial charge in [0.25, 0.3) is 5.91 Å². The van der Waals surface area contributed by atoms with Crippen LogP contribution in [0.1, 0.15) is 16.7 Å². The van der Waals surface area contributed by atoms with Crippen molar-refractivity contribution in [3.8, 4) is 11.8 Å². The fraction of sp³-hybridized carbons (Fsp3) is 0.0833. The Hall–Kier alpha value is -2.97. The number of amides is 1. The van der Waals surface area contributed by atoms with Crippen LogP contribution in [-0.4, -0.2) is 5.91 Å². The summed E-state index contributed by atoms with van der Waals surface area (Å²) >= 11 is 18.4. The third kappa shape index (κ3) is 6.26. The number of aryl methyl sites for hydroxylation is 1. The Kier molecular flexibility index (Phi) is 7.59. The maximum Gasteiger partial charge on any atom is 0.266 e. The minimum atomic E-state index is -0.498. The molecule has 0 bridgehead atoms. The van der Waals surface area contributed by atoms with Crippen LogP contribution >= 0.6 is 34.8 Å². The SMILES string of the molecule is Cc1cccc(NC(=O)/C(C#N)=C/c2ccc(OCc3ccc(Cl)cc3Cl)c(Cl)c2)c1. The van der Waals surface area contributed by atoms with Gasteiger partial charge in [-0.2, -0.15) is 5.26 Å². The van der Waals surface area contributed by atoms with Gasteiger partial charge in [0.2, 0.25) is 0 Å². The maximum absolute atomic E-state index is 12.4. The number of nitriles is 1. The normalized spacial score (nSPS) is 11.0. The lowest BCUT2D eigenvalue weighted by atomic mass is 10.1. The number of hydrogen-bond donors (Lipinski definition) is 1. The Labute approximate surface area is 195 Å². The summed E-state index contributed by atoms with van der Waals surface area (Å²) in [6, 6.07) is 19.4. The number of carbonyl (C=O) groups is 1. The van der Waals surface area contributed by atoms with Gasteiger partial charge in [0.15, 0.2) is 0 Å². The van der Waals surface area contributed by atoms with Gasteiger partial charge in [-0.05, 0) is 60.5 Å². The topological polar surface area (TPSA) is 62.1 Å². The zero-order valence-electron chi connectivity index (χ0n) is 16.5. The van der Waals surface area contributed by atoms with E-state index >= 15 is 0 Å². The van der Waals surface area contributed by atoms with Crippen molar-refractivity contribution < 1.29 is 9.53 Å². The first kappa shape index (κ1) is 22.7. The number of nitrogens with zero attached hydrogens (tertiary/aromatic N) is 1. The Morgan fingerprint density at radius 3 is 2.55 bits per heavy atom. The van der Waals surface area contributed by atoms with Crippen molar-refractivity contribution in [2.24, 2.45) is 0 Å². The highest BCUT2D eigenvalue weighted by molar-refractivity contribution is 6.35. The fourth-order valence-corrected chi connectivity index (χ4v) is 3.46. The van der Waals surface area contributed by atoms with Crippen LogP contribution in [0.3, 0.4) is 0 Å². The predicted octanol–water partition coefficient (Wildman–Crippen LogP) is 7.08. The number of hydrogen-bond acceptors (Lipinski definition) is 3. The van der Waals surface area contributed by atoms with Crippen molar-refractivity contribution in [3.05, 3.63) is 98.0 Å². The highest BCUT2D eigenvalue weighted by atomic mass is 35.5. The number of rotatable bonds is 6. The fourth-order valence-electron chi connectivity index (χ4n) is 2.75. The number of anilines is 1. The van der Waals surface area contributed by atoms with E-state index in [9.17, 15) is 10.1 Å². The van der Waals surface area contributed by atoms with E-state index in [2.05, 4.69) is 5.32 Å². The van der Waals surface area contributed by atoms with Crippen molar-refractivity contribution in [1.29, 1.82) is 5.26 Å². The lowest BCUT2D eigenvalue weighted by Crippen LogP contribution is -2.13. The maximum atomic E-state index is 12.4. The molecule has 3 aromatic rings. The highest BCUT2D eigenvalue weighted by Gasteiger charge is 2.11. The minimum absolute atomic E-state index is 0.0424. The van der Waals surface area contributed by atoms with Crippen LogP contribution in [-0.2, 0) is 11.4 Å². The second-order valence-corrected chi connectivity index (χ2v) is 7.96. The van der Waals surface area contributed by atoms with Gasteiger partial charge >= 0.3 is 0 Å². The molecule has 1 amide bonds. The largest absolute Gasteiger partial charge is 0.487 e. The van der Waals surface area contributed by atoms with Crippen LogP contribution in [0.2, 0.25) is 15.1 Å². The molecule has 0 saturated heterocycles. The second kappa shape index (κ2) is 10.4. The molecule has 0 fully saturated rings. The molecule has 3 aromatic carbocycles. The lowest BCUT2D eigenvalue weighted by molar-refractivity contribution is -0.112. The van der Waals surface area contributed by atoms with Gasteiger partial charge in [-0.15, -0.1) is 0 Å². The average molecular weight is 472 g/mol. The first-order chi connectivity index (χ1) is 14.9. The summed E-state index contributed by atoms with van der Waals surface area (Å²) in [5.41, 5.74) is 2.94. The zero-order valence-corrected chi connectivity index (χ0v) is 18.7. The molecule has 0 saturated carbocycles. The monoisotopic (exact) mass is 470 g/mol. The van der Waals surface area contributed by atoms with Crippen LogP contribution in [0.5, 0.6) is 5.75 Å². The molecule has 0 spiro atoms. The Bertz CT molecular complexity index is 1200. The summed E-state index contributed by atoms with van der Waals surface area (Å²) in [5.74, 6) is -0.0468. The Morgan fingerprint density at radius 1 is 1.06 bits per heavy atom. The van der Waals surface area contributed by atoms with E-state index in [0.29, 0.717) is 32.1 Å². The summed E-state index contributed by atoms with van der Waals surface area (Å²) < 4.78 is 5.74. The molecule has 0 aromatic heterocycles. The second-order valence-electron chi connectivity index (χ2n) is 6.71. The molecule has 0 atom stereocenters. The van der Waals surface area contributed by atoms with E-state index in [1.54, 1.807) is 42.5 Å². The van der Waals surface area contributed by atoms with Gasteiger partial charge in [0.05, 0.1) is 5.02 Å². The van der Waals surface area contributed by atoms with Crippen LogP contribution in [0.15, 0.2) is 66.2 Å². The van der Waals surface area contributed by atoms with Gasteiger partial charge < -0.3 is 10.1 Å². The molecule has 0 unspecified atom stereocenters. The highest BCUT2D eigenvalue weighted by Crippen LogP contribution is 2.29. The van der Waals surface area contributed by atoms with Gasteiger partial charge in [0.1, 0.15) is 24.0 Å². The van der Waals surface area contributed by atoms with E-state index < -0.39 is 5.91 Å². The molecule has 31 heavy (non-hydrogen) atoms. The quantitative estimate of drug-likeness (QED) is 0.308. The Morgan fingerprint density at radius 2 is 1.87 bits per heavy atom. The summed E-state index contributed by atoms with van der Waals surface area (Å²) in [7, 11) is 0. The molecule has 3 rings (SSSR count). The van der Waals surface area contributed by atoms with E-state index in [-0.39, 0.29) is 12.2 Å². The van der Waals surface area contributed by atoms with Gasteiger partial charge in [0, 0.05) is 21.3 Å². The van der Waals surface area contributed by atoms with Crippen molar-refractivity contribution >= 4 is 52.5 Å². The zero-order chi connectivity index (χ0) is 22.4.